The quantitative estimate of drug-likeness (QED) is 0.542. The molecule has 4 heteroatoms. The molecule has 80 valence electrons. The molecule has 0 saturated carbocycles. The van der Waals surface area contributed by atoms with Crippen molar-refractivity contribution in [2.24, 2.45) is 0 Å². The van der Waals surface area contributed by atoms with Crippen molar-refractivity contribution >= 4 is 49.6 Å². The largest absolute Gasteiger partial charge is 0.147 e. The summed E-state index contributed by atoms with van der Waals surface area (Å²) in [4.78, 5) is 0. The lowest BCUT2D eigenvalue weighted by Gasteiger charge is -0.813. The molecule has 0 fully saturated rings. The maximum Gasteiger partial charge on any atom is -0.106 e. The van der Waals surface area contributed by atoms with E-state index in [2.05, 4.69) is 52.6 Å². The predicted molar refractivity (Wildman–Crippen MR) is 74.0 cm³/mol. The molecule has 0 aromatic rings. The lowest BCUT2D eigenvalue weighted by Crippen LogP contribution is -0.552. The van der Waals surface area contributed by atoms with Crippen molar-refractivity contribution in [3.05, 3.63) is 52.6 Å². The molecule has 0 heterocycles. The topological polar surface area (TPSA) is 0 Å². The van der Waals surface area contributed by atoms with Gasteiger partial charge in [0.25, 0.3) is 0 Å². The van der Waals surface area contributed by atoms with Crippen molar-refractivity contribution < 1.29 is 0 Å². The molecule has 0 nitrogen and oxygen atoms in total. The summed E-state index contributed by atoms with van der Waals surface area (Å²) in [6.45, 7) is 24.0. The maximum atomic E-state index is 3.00. The molecular formula is C8H20Cl4. The van der Waals surface area contributed by atoms with Gasteiger partial charge < -0.3 is 0 Å². The van der Waals surface area contributed by atoms with Crippen LogP contribution in [0.1, 0.15) is 0 Å². The summed E-state index contributed by atoms with van der Waals surface area (Å²) >= 11 is 0. The Balaban J connectivity index is -0.00000000267. The van der Waals surface area contributed by atoms with E-state index in [1.807, 2.05) is 0 Å². The molecule has 0 aromatic carbocycles. The second-order valence-corrected chi connectivity index (χ2v) is 0. The standard InChI is InChI=1S/4C2H4.4ClH/c4*1-2;;;;/h4*1-2H2;4*1H. The van der Waals surface area contributed by atoms with Crippen LogP contribution >= 0.6 is 49.6 Å². The lowest BCUT2D eigenvalue weighted by molar-refractivity contribution is 2.81. The van der Waals surface area contributed by atoms with Crippen molar-refractivity contribution in [3.8, 4) is 0 Å². The first kappa shape index (κ1) is 88.3. The minimum absolute atomic E-state index is 0. The van der Waals surface area contributed by atoms with Crippen LogP contribution in [0.5, 0.6) is 0 Å². The highest BCUT2D eigenvalue weighted by molar-refractivity contribution is 5.86. The van der Waals surface area contributed by atoms with Gasteiger partial charge in [-0.25, -0.2) is 0 Å². The minimum atomic E-state index is 0. The van der Waals surface area contributed by atoms with Gasteiger partial charge in [0.2, 0.25) is 0 Å². The average molecular weight is 258 g/mol. The van der Waals surface area contributed by atoms with Gasteiger partial charge in [-0.05, 0) is 0 Å². The Morgan fingerprint density at radius 1 is 0.250 bits per heavy atom. The lowest BCUT2D eigenvalue weighted by atomic mass is 11.3. The summed E-state index contributed by atoms with van der Waals surface area (Å²) in [6, 6.07) is 0. The Labute approximate surface area is 102 Å². The van der Waals surface area contributed by atoms with E-state index in [-0.39, 0.29) is 49.6 Å². The third-order valence-electron chi connectivity index (χ3n) is 0. The summed E-state index contributed by atoms with van der Waals surface area (Å²) in [7, 11) is 0. The average Bonchev–Trinajstić information content (AvgIpc) is 2.03. The Morgan fingerprint density at radius 3 is 0.250 bits per heavy atom. The van der Waals surface area contributed by atoms with Crippen molar-refractivity contribution in [3.63, 3.8) is 0 Å². The molecule has 0 radical (unpaired) electrons. The maximum absolute atomic E-state index is 3.00. The summed E-state index contributed by atoms with van der Waals surface area (Å²) in [5.41, 5.74) is 0. The van der Waals surface area contributed by atoms with E-state index < -0.39 is 0 Å². The van der Waals surface area contributed by atoms with E-state index in [0.29, 0.717) is 0 Å². The van der Waals surface area contributed by atoms with Crippen LogP contribution in [-0.2, 0) is 0 Å². The molecule has 0 bridgehead atoms. The van der Waals surface area contributed by atoms with Crippen LogP contribution in [-0.4, -0.2) is 0 Å². The molecule has 0 aromatic heterocycles. The fourth-order valence-electron chi connectivity index (χ4n) is 0. The van der Waals surface area contributed by atoms with E-state index in [4.69, 9.17) is 0 Å². The van der Waals surface area contributed by atoms with Gasteiger partial charge in [-0.2, -0.15) is 0 Å². The van der Waals surface area contributed by atoms with Crippen molar-refractivity contribution in [2.45, 2.75) is 0 Å². The Kier molecular flexibility index (Phi) is 582000. The van der Waals surface area contributed by atoms with Crippen molar-refractivity contribution in [1.29, 1.82) is 0 Å². The van der Waals surface area contributed by atoms with Gasteiger partial charge in [-0.1, -0.05) is 0 Å². The van der Waals surface area contributed by atoms with Gasteiger partial charge in [0.1, 0.15) is 0 Å². The molecule has 0 N–H and O–H groups in total. The highest BCUT2D eigenvalue weighted by atomic mass is 35.5. The first-order valence-electron chi connectivity index (χ1n) is 2.00. The van der Waals surface area contributed by atoms with Crippen LogP contribution in [0.3, 0.4) is 0 Å². The highest BCUT2D eigenvalue weighted by Gasteiger charge is 0.607. The van der Waals surface area contributed by atoms with Gasteiger partial charge in [-0.15, -0.1) is 102 Å². The predicted octanol–water partition coefficient (Wildman–Crippen LogP) is 4.90. The Morgan fingerprint density at radius 2 is 0.250 bits per heavy atom. The smallest absolute Gasteiger partial charge is 0.106 e. The molecule has 0 saturated heterocycles. The van der Waals surface area contributed by atoms with Crippen molar-refractivity contribution in [2.75, 3.05) is 0 Å². The molecule has 0 aliphatic carbocycles. The molecule has 0 amide bonds. The zero-order valence-electron chi connectivity index (χ0n) is 7.29. The molecule has 0 aliphatic rings. The van der Waals surface area contributed by atoms with E-state index in [1.165, 1.54) is 0 Å². The van der Waals surface area contributed by atoms with Crippen LogP contribution in [0.15, 0.2) is 52.6 Å². The zero-order chi connectivity index (χ0) is 8.00. The van der Waals surface area contributed by atoms with Gasteiger partial charge in [0, 0.05) is 0 Å². The number of halogens is 4. The van der Waals surface area contributed by atoms with E-state index >= 15 is 0 Å². The molecular weight excluding hydrogens is 238 g/mol. The second kappa shape index (κ2) is 79100. The molecule has 12 heavy (non-hydrogen) atoms. The number of hydrogen-bond acceptors (Lipinski definition) is 0. The molecule has 0 rings (SSSR count). The Hall–Kier alpha value is 0.120. The first-order valence-corrected chi connectivity index (χ1v) is 2.00. The molecule has 0 aliphatic heterocycles. The summed E-state index contributed by atoms with van der Waals surface area (Å²) in [6.07, 6.45) is 0. The minimum Gasteiger partial charge on any atom is -0.147 e. The third-order valence-corrected chi connectivity index (χ3v) is 0. The monoisotopic (exact) mass is 256 g/mol. The zero-order valence-corrected chi connectivity index (χ0v) is 10.6. The number of hydrogen-bond donors (Lipinski definition) is 0. The van der Waals surface area contributed by atoms with E-state index in [0.717, 1.165) is 0 Å². The molecule has 0 unspecified atom stereocenters. The van der Waals surface area contributed by atoms with Gasteiger partial charge in [-0.3, -0.25) is 0 Å². The molecule has 0 atom stereocenters. The Bertz CT molecular complexity index is 19.0. The van der Waals surface area contributed by atoms with Crippen LogP contribution in [0, 0.1) is 0 Å². The van der Waals surface area contributed by atoms with Crippen molar-refractivity contribution in [1.82, 2.24) is 0 Å². The summed E-state index contributed by atoms with van der Waals surface area (Å²) < 4.78 is 0. The normalized spacial score (nSPS) is 1.33. The first-order chi connectivity index (χ1) is 4.00. The van der Waals surface area contributed by atoms with Gasteiger partial charge >= 0.3 is 0 Å². The van der Waals surface area contributed by atoms with Crippen LogP contribution < -0.4 is 0 Å². The summed E-state index contributed by atoms with van der Waals surface area (Å²) in [5, 5.41) is 0. The highest BCUT2D eigenvalue weighted by Crippen LogP contribution is 0.868. The van der Waals surface area contributed by atoms with Gasteiger partial charge in [0.15, 0.2) is 0 Å². The van der Waals surface area contributed by atoms with Crippen LogP contribution in [0.25, 0.3) is 0 Å². The fraction of sp³-hybridized carbons (Fsp3) is 0. The van der Waals surface area contributed by atoms with Crippen LogP contribution in [0.4, 0.5) is 0 Å². The van der Waals surface area contributed by atoms with Crippen LogP contribution in [0.2, 0.25) is 0 Å². The summed E-state index contributed by atoms with van der Waals surface area (Å²) in [5.74, 6) is 0. The fourth-order valence-corrected chi connectivity index (χ4v) is 0. The van der Waals surface area contributed by atoms with E-state index in [1.54, 1.807) is 0 Å². The third kappa shape index (κ3) is 58500. The second-order valence-electron chi connectivity index (χ2n) is 0. The van der Waals surface area contributed by atoms with Gasteiger partial charge in [0.05, 0.1) is 0 Å². The molecule has 0 spiro atoms. The SMILES string of the molecule is C=C.C=C.C=C.C=C.Cl.Cl.Cl.Cl. The van der Waals surface area contributed by atoms with E-state index in [9.17, 15) is 0 Å². The number of rotatable bonds is 0.